The van der Waals surface area contributed by atoms with Crippen molar-refractivity contribution >= 4 is 27.7 Å². The molecule has 0 fully saturated rings. The summed E-state index contributed by atoms with van der Waals surface area (Å²) >= 11 is 3.34. The highest BCUT2D eigenvalue weighted by Crippen LogP contribution is 2.26. The second-order valence-corrected chi connectivity index (χ2v) is 7.46. The fourth-order valence-electron chi connectivity index (χ4n) is 2.57. The Kier molecular flexibility index (Phi) is 6.76. The number of halogens is 1. The molecule has 2 aromatic rings. The summed E-state index contributed by atoms with van der Waals surface area (Å²) in [6.07, 6.45) is 0.399. The normalized spacial score (nSPS) is 11.0. The van der Waals surface area contributed by atoms with Crippen LogP contribution in [0.25, 0.3) is 0 Å². The minimum atomic E-state index is -0.231. The molecular formula is C20H23BrN2O2. The Balaban J connectivity index is 1.74. The first-order valence-corrected chi connectivity index (χ1v) is 9.04. The minimum absolute atomic E-state index is 0.0226. The van der Waals surface area contributed by atoms with E-state index in [9.17, 15) is 9.59 Å². The molecule has 2 aromatic carbocycles. The Morgan fingerprint density at radius 3 is 2.32 bits per heavy atom. The topological polar surface area (TPSA) is 58.2 Å². The lowest BCUT2D eigenvalue weighted by Gasteiger charge is -2.24. The van der Waals surface area contributed by atoms with Crippen molar-refractivity contribution in [1.82, 2.24) is 10.6 Å². The molecule has 0 atom stereocenters. The highest BCUT2D eigenvalue weighted by Gasteiger charge is 2.23. The highest BCUT2D eigenvalue weighted by molar-refractivity contribution is 9.10. The molecule has 0 unspecified atom stereocenters. The zero-order chi connectivity index (χ0) is 18.3. The number of hydrogen-bond acceptors (Lipinski definition) is 2. The van der Waals surface area contributed by atoms with Crippen molar-refractivity contribution in [2.45, 2.75) is 25.7 Å². The van der Waals surface area contributed by atoms with Gasteiger partial charge in [0.05, 0.1) is 0 Å². The van der Waals surface area contributed by atoms with Crippen LogP contribution in [0.4, 0.5) is 0 Å². The van der Waals surface area contributed by atoms with Gasteiger partial charge in [0, 0.05) is 29.5 Å². The summed E-state index contributed by atoms with van der Waals surface area (Å²) in [5.74, 6) is -0.175. The van der Waals surface area contributed by atoms with Gasteiger partial charge in [-0.2, -0.15) is 0 Å². The van der Waals surface area contributed by atoms with Gasteiger partial charge in [0.15, 0.2) is 0 Å². The first-order valence-electron chi connectivity index (χ1n) is 8.24. The van der Waals surface area contributed by atoms with Gasteiger partial charge in [0.1, 0.15) is 0 Å². The Hall–Kier alpha value is -2.14. The molecule has 0 spiro atoms. The summed E-state index contributed by atoms with van der Waals surface area (Å²) in [5.41, 5.74) is 1.49. The standard InChI is InChI=1S/C20H23BrN2O2/c1-20(2,16-8-4-3-5-9-16)14-18(24)22-11-12-23-19(25)15-7-6-10-17(21)13-15/h3-10,13H,11-12,14H2,1-2H3,(H,22,24)(H,23,25). The largest absolute Gasteiger partial charge is 0.354 e. The van der Waals surface area contributed by atoms with Crippen molar-refractivity contribution in [3.63, 3.8) is 0 Å². The average molecular weight is 403 g/mol. The number of amides is 2. The molecule has 0 aliphatic rings. The van der Waals surface area contributed by atoms with Crippen molar-refractivity contribution < 1.29 is 9.59 Å². The monoisotopic (exact) mass is 402 g/mol. The smallest absolute Gasteiger partial charge is 0.251 e. The molecule has 0 aliphatic carbocycles. The van der Waals surface area contributed by atoms with Crippen LogP contribution in [-0.4, -0.2) is 24.9 Å². The first kappa shape index (κ1) is 19.2. The van der Waals surface area contributed by atoms with Crippen molar-refractivity contribution in [1.29, 1.82) is 0 Å². The number of nitrogens with one attached hydrogen (secondary N) is 2. The van der Waals surface area contributed by atoms with E-state index in [0.29, 0.717) is 25.1 Å². The lowest BCUT2D eigenvalue weighted by Crippen LogP contribution is -2.37. The fraction of sp³-hybridized carbons (Fsp3) is 0.300. The number of hydrogen-bond donors (Lipinski definition) is 2. The second kappa shape index (κ2) is 8.81. The molecule has 0 saturated heterocycles. The average Bonchev–Trinajstić information content (AvgIpc) is 2.59. The van der Waals surface area contributed by atoms with E-state index in [1.807, 2.05) is 42.5 Å². The zero-order valence-electron chi connectivity index (χ0n) is 14.5. The predicted octanol–water partition coefficient (Wildman–Crippen LogP) is 3.66. The lowest BCUT2D eigenvalue weighted by atomic mass is 9.81. The predicted molar refractivity (Wildman–Crippen MR) is 104 cm³/mol. The molecule has 0 bridgehead atoms. The fourth-order valence-corrected chi connectivity index (χ4v) is 2.96. The lowest BCUT2D eigenvalue weighted by molar-refractivity contribution is -0.122. The van der Waals surface area contributed by atoms with E-state index < -0.39 is 0 Å². The van der Waals surface area contributed by atoms with E-state index >= 15 is 0 Å². The Bertz CT molecular complexity index is 729. The maximum Gasteiger partial charge on any atom is 0.251 e. The molecule has 25 heavy (non-hydrogen) atoms. The molecule has 5 heteroatoms. The van der Waals surface area contributed by atoms with Crippen LogP contribution < -0.4 is 10.6 Å². The van der Waals surface area contributed by atoms with E-state index in [-0.39, 0.29) is 17.2 Å². The Morgan fingerprint density at radius 2 is 1.64 bits per heavy atom. The summed E-state index contributed by atoms with van der Waals surface area (Å²) in [6.45, 7) is 4.90. The molecule has 2 N–H and O–H groups in total. The van der Waals surface area contributed by atoms with Gasteiger partial charge >= 0.3 is 0 Å². The van der Waals surface area contributed by atoms with Crippen LogP contribution in [-0.2, 0) is 10.2 Å². The van der Waals surface area contributed by atoms with Gasteiger partial charge in [-0.05, 0) is 29.2 Å². The van der Waals surface area contributed by atoms with Crippen LogP contribution in [0.15, 0.2) is 59.1 Å². The molecule has 0 radical (unpaired) electrons. The third-order valence-corrected chi connectivity index (χ3v) is 4.47. The van der Waals surface area contributed by atoms with Crippen LogP contribution >= 0.6 is 15.9 Å². The summed E-state index contributed by atoms with van der Waals surface area (Å²) in [6, 6.07) is 17.2. The van der Waals surface area contributed by atoms with Crippen LogP contribution in [0.2, 0.25) is 0 Å². The Labute approximate surface area is 157 Å². The summed E-state index contributed by atoms with van der Waals surface area (Å²) < 4.78 is 0.858. The molecule has 0 heterocycles. The number of benzene rings is 2. The number of carbonyl (C=O) groups is 2. The second-order valence-electron chi connectivity index (χ2n) is 6.54. The number of rotatable bonds is 7. The van der Waals surface area contributed by atoms with Crippen molar-refractivity contribution in [2.75, 3.05) is 13.1 Å². The van der Waals surface area contributed by atoms with E-state index in [2.05, 4.69) is 40.4 Å². The van der Waals surface area contributed by atoms with Crippen LogP contribution in [0.3, 0.4) is 0 Å². The molecule has 2 rings (SSSR count). The van der Waals surface area contributed by atoms with Gasteiger partial charge in [-0.1, -0.05) is 66.2 Å². The molecule has 0 saturated carbocycles. The zero-order valence-corrected chi connectivity index (χ0v) is 16.1. The van der Waals surface area contributed by atoms with E-state index in [4.69, 9.17) is 0 Å². The van der Waals surface area contributed by atoms with Crippen LogP contribution in [0.1, 0.15) is 36.2 Å². The third kappa shape index (κ3) is 6.02. The maximum absolute atomic E-state index is 12.2. The van der Waals surface area contributed by atoms with Gasteiger partial charge < -0.3 is 10.6 Å². The van der Waals surface area contributed by atoms with E-state index in [1.165, 1.54) is 0 Å². The van der Waals surface area contributed by atoms with Crippen molar-refractivity contribution in [3.05, 3.63) is 70.2 Å². The van der Waals surface area contributed by atoms with Gasteiger partial charge in [-0.15, -0.1) is 0 Å². The number of carbonyl (C=O) groups excluding carboxylic acids is 2. The van der Waals surface area contributed by atoms with Crippen LogP contribution in [0, 0.1) is 0 Å². The molecule has 4 nitrogen and oxygen atoms in total. The third-order valence-electron chi connectivity index (χ3n) is 3.98. The molecule has 132 valence electrons. The van der Waals surface area contributed by atoms with Gasteiger partial charge in [-0.25, -0.2) is 0 Å². The summed E-state index contributed by atoms with van der Waals surface area (Å²) in [4.78, 5) is 24.2. The molecular weight excluding hydrogens is 380 g/mol. The molecule has 0 aliphatic heterocycles. The molecule has 2 amide bonds. The minimum Gasteiger partial charge on any atom is -0.354 e. The highest BCUT2D eigenvalue weighted by atomic mass is 79.9. The first-order chi connectivity index (χ1) is 11.9. The summed E-state index contributed by atoms with van der Waals surface area (Å²) in [5, 5.41) is 5.67. The van der Waals surface area contributed by atoms with Gasteiger partial charge in [-0.3, -0.25) is 9.59 Å². The summed E-state index contributed by atoms with van der Waals surface area (Å²) in [7, 11) is 0. The Morgan fingerprint density at radius 1 is 0.960 bits per heavy atom. The SMILES string of the molecule is CC(C)(CC(=O)NCCNC(=O)c1cccc(Br)c1)c1ccccc1. The van der Waals surface area contributed by atoms with Gasteiger partial charge in [0.25, 0.3) is 5.91 Å². The van der Waals surface area contributed by atoms with E-state index in [1.54, 1.807) is 12.1 Å². The van der Waals surface area contributed by atoms with E-state index in [0.717, 1.165) is 10.0 Å². The van der Waals surface area contributed by atoms with Crippen LogP contribution in [0.5, 0.6) is 0 Å². The quantitative estimate of drug-likeness (QED) is 0.694. The van der Waals surface area contributed by atoms with Crippen molar-refractivity contribution in [2.24, 2.45) is 0 Å². The maximum atomic E-state index is 12.2. The molecule has 0 aromatic heterocycles. The van der Waals surface area contributed by atoms with Crippen molar-refractivity contribution in [3.8, 4) is 0 Å². The van der Waals surface area contributed by atoms with Gasteiger partial charge in [0.2, 0.25) is 5.91 Å².